The molecule has 1 aromatic carbocycles. The first kappa shape index (κ1) is 18.6. The first-order chi connectivity index (χ1) is 12.7. The second kappa shape index (κ2) is 8.46. The van der Waals surface area contributed by atoms with Crippen LogP contribution in [0.1, 0.15) is 27.2 Å². The average Bonchev–Trinajstić information content (AvgIpc) is 3.12. The molecule has 0 saturated carbocycles. The molecule has 0 aliphatic carbocycles. The molecule has 2 aromatic rings. The van der Waals surface area contributed by atoms with Crippen molar-refractivity contribution in [3.8, 4) is 11.5 Å². The second-order valence-electron chi connectivity index (χ2n) is 5.65. The molecule has 8 heteroatoms. The van der Waals surface area contributed by atoms with E-state index >= 15 is 0 Å². The van der Waals surface area contributed by atoms with Crippen molar-refractivity contribution in [3.63, 3.8) is 0 Å². The Bertz CT molecular complexity index is 833. The lowest BCUT2D eigenvalue weighted by Gasteiger charge is -2.10. The van der Waals surface area contributed by atoms with Crippen molar-refractivity contribution < 1.29 is 19.5 Å². The van der Waals surface area contributed by atoms with Gasteiger partial charge in [0, 0.05) is 24.3 Å². The highest BCUT2D eigenvalue weighted by Crippen LogP contribution is 2.37. The number of oxime groups is 1. The van der Waals surface area contributed by atoms with Gasteiger partial charge in [-0.05, 0) is 30.2 Å². The summed E-state index contributed by atoms with van der Waals surface area (Å²) in [7, 11) is 3.20. The number of nitrogens with zero attached hydrogens (tertiary/aromatic N) is 1. The van der Waals surface area contributed by atoms with Crippen LogP contribution in [0.3, 0.4) is 0 Å². The Morgan fingerprint density at radius 1 is 1.27 bits per heavy atom. The largest absolute Gasteiger partial charge is 0.493 e. The van der Waals surface area contributed by atoms with Crippen LogP contribution in [0.2, 0.25) is 0 Å². The zero-order valence-electron chi connectivity index (χ0n) is 14.6. The molecule has 0 bridgehead atoms. The Balaban J connectivity index is 1.61. The Labute approximate surface area is 160 Å². The minimum atomic E-state index is -0.109. The van der Waals surface area contributed by atoms with Gasteiger partial charge in [0.05, 0.1) is 29.0 Å². The maximum atomic E-state index is 12.4. The van der Waals surface area contributed by atoms with E-state index in [-0.39, 0.29) is 5.91 Å². The number of fused-ring (bicyclic) bond motifs is 1. The molecule has 26 heavy (non-hydrogen) atoms. The summed E-state index contributed by atoms with van der Waals surface area (Å²) in [5.74, 6) is 2.12. The summed E-state index contributed by atoms with van der Waals surface area (Å²) < 4.78 is 11.6. The first-order valence-electron chi connectivity index (χ1n) is 8.13. The van der Waals surface area contributed by atoms with Crippen molar-refractivity contribution in [1.82, 2.24) is 5.32 Å². The number of hydrogen-bond donors (Lipinski definition) is 2. The Morgan fingerprint density at radius 2 is 2.08 bits per heavy atom. The number of carbonyl (C=O) groups excluding carboxylic acids is 1. The highest BCUT2D eigenvalue weighted by atomic mass is 32.2. The molecular weight excluding hydrogens is 372 g/mol. The predicted molar refractivity (Wildman–Crippen MR) is 104 cm³/mol. The molecule has 0 unspecified atom stereocenters. The molecule has 3 rings (SSSR count). The quantitative estimate of drug-likeness (QED) is 0.582. The van der Waals surface area contributed by atoms with Crippen molar-refractivity contribution in [2.45, 2.75) is 17.1 Å². The van der Waals surface area contributed by atoms with Gasteiger partial charge in [-0.2, -0.15) is 0 Å². The smallest absolute Gasteiger partial charge is 0.261 e. The minimum absolute atomic E-state index is 0.109. The Morgan fingerprint density at radius 3 is 2.81 bits per heavy atom. The SMILES string of the molecule is COc1ccc(CCNC(=O)c2cc3c(s2)SCCC3=NO)cc1OC. The molecule has 1 aromatic heterocycles. The number of methoxy groups -OCH3 is 2. The molecule has 0 atom stereocenters. The van der Waals surface area contributed by atoms with Crippen molar-refractivity contribution in [2.24, 2.45) is 5.16 Å². The molecule has 0 saturated heterocycles. The summed E-state index contributed by atoms with van der Waals surface area (Å²) in [6.45, 7) is 0.519. The van der Waals surface area contributed by atoms with Gasteiger partial charge in [-0.3, -0.25) is 4.79 Å². The average molecular weight is 393 g/mol. The fourth-order valence-corrected chi connectivity index (χ4v) is 5.11. The van der Waals surface area contributed by atoms with E-state index in [0.717, 1.165) is 21.1 Å². The number of thioether (sulfide) groups is 1. The molecule has 0 spiro atoms. The van der Waals surface area contributed by atoms with Crippen molar-refractivity contribution in [3.05, 3.63) is 40.3 Å². The molecule has 2 heterocycles. The van der Waals surface area contributed by atoms with Gasteiger partial charge in [0.1, 0.15) is 0 Å². The molecule has 1 aliphatic heterocycles. The van der Waals surface area contributed by atoms with Crippen LogP contribution < -0.4 is 14.8 Å². The van der Waals surface area contributed by atoms with Gasteiger partial charge in [-0.25, -0.2) is 0 Å². The van der Waals surface area contributed by atoms with Crippen LogP contribution in [0.25, 0.3) is 0 Å². The zero-order chi connectivity index (χ0) is 18.5. The van der Waals surface area contributed by atoms with Gasteiger partial charge < -0.3 is 20.0 Å². The number of amides is 1. The van der Waals surface area contributed by atoms with Crippen LogP contribution in [0, 0.1) is 0 Å². The highest BCUT2D eigenvalue weighted by molar-refractivity contribution is 8.01. The number of ether oxygens (including phenoxy) is 2. The normalized spacial score (nSPS) is 14.8. The number of carbonyl (C=O) groups is 1. The van der Waals surface area contributed by atoms with E-state index in [9.17, 15) is 4.79 Å². The van der Waals surface area contributed by atoms with Crippen LogP contribution in [0.4, 0.5) is 0 Å². The third kappa shape index (κ3) is 3.96. The van der Waals surface area contributed by atoms with Gasteiger partial charge in [-0.15, -0.1) is 23.1 Å². The lowest BCUT2D eigenvalue weighted by Crippen LogP contribution is -2.24. The molecule has 2 N–H and O–H groups in total. The maximum Gasteiger partial charge on any atom is 0.261 e. The highest BCUT2D eigenvalue weighted by Gasteiger charge is 2.22. The molecule has 0 fully saturated rings. The van der Waals surface area contributed by atoms with Crippen molar-refractivity contribution in [1.29, 1.82) is 0 Å². The third-order valence-corrected chi connectivity index (χ3v) is 6.49. The maximum absolute atomic E-state index is 12.4. The van der Waals surface area contributed by atoms with Gasteiger partial charge in [0.2, 0.25) is 0 Å². The molecule has 1 aliphatic rings. The van der Waals surface area contributed by atoms with Crippen LogP contribution in [0.5, 0.6) is 11.5 Å². The lowest BCUT2D eigenvalue weighted by molar-refractivity contribution is 0.0958. The van der Waals surface area contributed by atoms with E-state index in [2.05, 4.69) is 10.5 Å². The molecule has 0 radical (unpaired) electrons. The topological polar surface area (TPSA) is 80.2 Å². The molecular formula is C18H20N2O4S2. The van der Waals surface area contributed by atoms with E-state index < -0.39 is 0 Å². The van der Waals surface area contributed by atoms with Gasteiger partial charge >= 0.3 is 0 Å². The van der Waals surface area contributed by atoms with Crippen LogP contribution in [-0.4, -0.2) is 43.3 Å². The van der Waals surface area contributed by atoms with Crippen molar-refractivity contribution >= 4 is 34.7 Å². The second-order valence-corrected chi connectivity index (χ2v) is 8.07. The van der Waals surface area contributed by atoms with E-state index in [1.807, 2.05) is 24.3 Å². The van der Waals surface area contributed by atoms with Gasteiger partial charge in [0.15, 0.2) is 11.5 Å². The summed E-state index contributed by atoms with van der Waals surface area (Å²) in [5, 5.41) is 15.4. The van der Waals surface area contributed by atoms with E-state index in [4.69, 9.17) is 14.7 Å². The minimum Gasteiger partial charge on any atom is -0.493 e. The third-order valence-electron chi connectivity index (χ3n) is 4.07. The van der Waals surface area contributed by atoms with Crippen LogP contribution >= 0.6 is 23.1 Å². The lowest BCUT2D eigenvalue weighted by atomic mass is 10.1. The number of thiophene rings is 1. The standard InChI is InChI=1S/C18H20N2O4S2/c1-23-14-4-3-11(9-15(14)24-2)5-7-19-17(21)16-10-12-13(20-22)6-8-25-18(12)26-16/h3-4,9-10,22H,5-8H2,1-2H3,(H,19,21). The number of rotatable bonds is 6. The van der Waals surface area contributed by atoms with E-state index in [0.29, 0.717) is 41.5 Å². The van der Waals surface area contributed by atoms with E-state index in [1.165, 1.54) is 11.3 Å². The summed E-state index contributed by atoms with van der Waals surface area (Å²) in [6.07, 6.45) is 1.40. The van der Waals surface area contributed by atoms with Crippen LogP contribution in [0.15, 0.2) is 33.6 Å². The van der Waals surface area contributed by atoms with Gasteiger partial charge in [-0.1, -0.05) is 11.2 Å². The predicted octanol–water partition coefficient (Wildman–Crippen LogP) is 3.41. The summed E-state index contributed by atoms with van der Waals surface area (Å²) in [4.78, 5) is 13.1. The summed E-state index contributed by atoms with van der Waals surface area (Å²) in [6, 6.07) is 7.54. The van der Waals surface area contributed by atoms with E-state index in [1.54, 1.807) is 26.0 Å². The zero-order valence-corrected chi connectivity index (χ0v) is 16.2. The Kier molecular flexibility index (Phi) is 6.05. The number of benzene rings is 1. The summed E-state index contributed by atoms with van der Waals surface area (Å²) in [5.41, 5.74) is 2.58. The monoisotopic (exact) mass is 392 g/mol. The number of nitrogens with one attached hydrogen (secondary N) is 1. The molecule has 138 valence electrons. The van der Waals surface area contributed by atoms with Crippen LogP contribution in [-0.2, 0) is 6.42 Å². The first-order valence-corrected chi connectivity index (χ1v) is 9.93. The van der Waals surface area contributed by atoms with Gasteiger partial charge in [0.25, 0.3) is 5.91 Å². The Hall–Kier alpha value is -2.19. The fraction of sp³-hybridized carbons (Fsp3) is 0.333. The molecule has 1 amide bonds. The fourth-order valence-electron chi connectivity index (χ4n) is 2.72. The number of hydrogen-bond acceptors (Lipinski definition) is 7. The van der Waals surface area contributed by atoms with Crippen molar-refractivity contribution in [2.75, 3.05) is 26.5 Å². The summed E-state index contributed by atoms with van der Waals surface area (Å²) >= 11 is 3.14. The molecule has 6 nitrogen and oxygen atoms in total.